The standard InChI is InChI=1S/C17H23NO6/c1-5-23-16(19)15(17(20)24-6-2)14(10-18(21)22)13-8-7-11(3)9-12(13)4/h7-9,14-15H,5-6,10H2,1-4H3/t14-/m0/s1. The van der Waals surface area contributed by atoms with Crippen molar-refractivity contribution >= 4 is 11.9 Å². The second-order valence-corrected chi connectivity index (χ2v) is 5.46. The lowest BCUT2D eigenvalue weighted by atomic mass is 9.83. The molecule has 7 nitrogen and oxygen atoms in total. The van der Waals surface area contributed by atoms with E-state index in [2.05, 4.69) is 0 Å². The number of benzene rings is 1. The van der Waals surface area contributed by atoms with E-state index < -0.39 is 35.2 Å². The first-order valence-electron chi connectivity index (χ1n) is 7.84. The molecule has 0 spiro atoms. The molecule has 0 N–H and O–H groups in total. The Bertz CT molecular complexity index is 595. The number of rotatable bonds is 8. The minimum absolute atomic E-state index is 0.0762. The van der Waals surface area contributed by atoms with Gasteiger partial charge in [-0.1, -0.05) is 23.8 Å². The zero-order chi connectivity index (χ0) is 18.3. The molecule has 0 aliphatic carbocycles. The zero-order valence-electron chi connectivity index (χ0n) is 14.4. The third-order valence-corrected chi connectivity index (χ3v) is 3.65. The highest BCUT2D eigenvalue weighted by Gasteiger charge is 2.41. The van der Waals surface area contributed by atoms with Crippen LogP contribution >= 0.6 is 0 Å². The van der Waals surface area contributed by atoms with Crippen LogP contribution in [0, 0.1) is 29.9 Å². The third kappa shape index (κ3) is 5.04. The maximum atomic E-state index is 12.3. The molecular weight excluding hydrogens is 314 g/mol. The molecule has 7 heteroatoms. The molecule has 0 aromatic heterocycles. The van der Waals surface area contributed by atoms with Crippen molar-refractivity contribution in [3.8, 4) is 0 Å². The number of hydrogen-bond donors (Lipinski definition) is 0. The van der Waals surface area contributed by atoms with Gasteiger partial charge in [-0.15, -0.1) is 0 Å². The lowest BCUT2D eigenvalue weighted by molar-refractivity contribution is -0.484. The van der Waals surface area contributed by atoms with Crippen LogP contribution in [-0.2, 0) is 19.1 Å². The first-order valence-corrected chi connectivity index (χ1v) is 7.84. The van der Waals surface area contributed by atoms with E-state index in [0.717, 1.165) is 11.1 Å². The molecule has 1 aromatic carbocycles. The smallest absolute Gasteiger partial charge is 0.321 e. The van der Waals surface area contributed by atoms with E-state index in [1.165, 1.54) is 0 Å². The number of ether oxygens (including phenoxy) is 2. The summed E-state index contributed by atoms with van der Waals surface area (Å²) in [6.45, 7) is 6.50. The Balaban J connectivity index is 3.37. The van der Waals surface area contributed by atoms with Crippen LogP contribution in [0.25, 0.3) is 0 Å². The lowest BCUT2D eigenvalue weighted by Gasteiger charge is -2.23. The maximum absolute atomic E-state index is 12.3. The van der Waals surface area contributed by atoms with E-state index >= 15 is 0 Å². The molecule has 1 aromatic rings. The largest absolute Gasteiger partial charge is 0.465 e. The van der Waals surface area contributed by atoms with Gasteiger partial charge >= 0.3 is 11.9 Å². The van der Waals surface area contributed by atoms with Gasteiger partial charge in [0.15, 0.2) is 5.92 Å². The van der Waals surface area contributed by atoms with Crippen LogP contribution in [-0.4, -0.2) is 36.6 Å². The summed E-state index contributed by atoms with van der Waals surface area (Å²) in [7, 11) is 0. The van der Waals surface area contributed by atoms with Gasteiger partial charge in [0.05, 0.1) is 19.1 Å². The van der Waals surface area contributed by atoms with E-state index in [0.29, 0.717) is 5.56 Å². The van der Waals surface area contributed by atoms with Gasteiger partial charge in [0, 0.05) is 4.92 Å². The highest BCUT2D eigenvalue weighted by molar-refractivity contribution is 5.96. The second kappa shape index (κ2) is 9.00. The van der Waals surface area contributed by atoms with Crippen LogP contribution in [0.5, 0.6) is 0 Å². The van der Waals surface area contributed by atoms with Crippen LogP contribution in [0.15, 0.2) is 18.2 Å². The van der Waals surface area contributed by atoms with Crippen molar-refractivity contribution in [2.45, 2.75) is 33.6 Å². The van der Waals surface area contributed by atoms with E-state index in [9.17, 15) is 19.7 Å². The van der Waals surface area contributed by atoms with Crippen LogP contribution in [0.2, 0.25) is 0 Å². The molecule has 1 atom stereocenters. The van der Waals surface area contributed by atoms with E-state index in [1.807, 2.05) is 13.0 Å². The molecule has 0 aliphatic rings. The SMILES string of the molecule is CCOC(=O)C(C(=O)OCC)[C@@H](C[N+](=O)[O-])c1ccc(C)cc1C. The van der Waals surface area contributed by atoms with E-state index in [-0.39, 0.29) is 13.2 Å². The summed E-state index contributed by atoms with van der Waals surface area (Å²) in [5.41, 5.74) is 2.34. The summed E-state index contributed by atoms with van der Waals surface area (Å²) in [6.07, 6.45) is 0. The molecule has 0 heterocycles. The van der Waals surface area contributed by atoms with Crippen molar-refractivity contribution in [1.82, 2.24) is 0 Å². The zero-order valence-corrected chi connectivity index (χ0v) is 14.4. The Morgan fingerprint density at radius 2 is 1.67 bits per heavy atom. The van der Waals surface area contributed by atoms with Gasteiger partial charge in [-0.25, -0.2) is 0 Å². The number of carbonyl (C=O) groups is 2. The molecule has 0 bridgehead atoms. The number of carbonyl (C=O) groups excluding carboxylic acids is 2. The topological polar surface area (TPSA) is 95.7 Å². The fourth-order valence-electron chi connectivity index (χ4n) is 2.67. The van der Waals surface area contributed by atoms with E-state index in [1.54, 1.807) is 32.9 Å². The van der Waals surface area contributed by atoms with Crippen molar-refractivity contribution in [1.29, 1.82) is 0 Å². The molecule has 0 amide bonds. The minimum Gasteiger partial charge on any atom is -0.465 e. The van der Waals surface area contributed by atoms with Crippen molar-refractivity contribution in [3.05, 3.63) is 45.0 Å². The number of aryl methyl sites for hydroxylation is 2. The van der Waals surface area contributed by atoms with Gasteiger partial charge in [0.1, 0.15) is 0 Å². The van der Waals surface area contributed by atoms with Crippen molar-refractivity contribution in [2.24, 2.45) is 5.92 Å². The van der Waals surface area contributed by atoms with Gasteiger partial charge in [-0.05, 0) is 38.8 Å². The molecule has 0 fully saturated rings. The number of esters is 2. The summed E-state index contributed by atoms with van der Waals surface area (Å²) >= 11 is 0. The quantitative estimate of drug-likeness (QED) is 0.313. The molecule has 132 valence electrons. The summed E-state index contributed by atoms with van der Waals surface area (Å²) in [5, 5.41) is 11.1. The van der Waals surface area contributed by atoms with Crippen LogP contribution in [0.4, 0.5) is 0 Å². The molecule has 0 saturated heterocycles. The summed E-state index contributed by atoms with van der Waals surface area (Å²) in [4.78, 5) is 35.2. The minimum atomic E-state index is -1.36. The Hall–Kier alpha value is -2.44. The number of nitrogens with zero attached hydrogens (tertiary/aromatic N) is 1. The molecule has 0 aliphatic heterocycles. The highest BCUT2D eigenvalue weighted by atomic mass is 16.6. The Labute approximate surface area is 141 Å². The van der Waals surface area contributed by atoms with Crippen molar-refractivity contribution in [2.75, 3.05) is 19.8 Å². The van der Waals surface area contributed by atoms with E-state index in [4.69, 9.17) is 9.47 Å². The molecule has 0 unspecified atom stereocenters. The second-order valence-electron chi connectivity index (χ2n) is 5.46. The first kappa shape index (κ1) is 19.6. The van der Waals surface area contributed by atoms with Crippen LogP contribution < -0.4 is 0 Å². The fourth-order valence-corrected chi connectivity index (χ4v) is 2.67. The molecular formula is C17H23NO6. The predicted molar refractivity (Wildman–Crippen MR) is 87.3 cm³/mol. The molecule has 0 radical (unpaired) electrons. The van der Waals surface area contributed by atoms with Gasteiger partial charge in [-0.3, -0.25) is 19.7 Å². The molecule has 0 saturated carbocycles. The average molecular weight is 337 g/mol. The van der Waals surface area contributed by atoms with Gasteiger partial charge < -0.3 is 9.47 Å². The third-order valence-electron chi connectivity index (χ3n) is 3.65. The summed E-state index contributed by atoms with van der Waals surface area (Å²) in [5.74, 6) is -3.92. The Morgan fingerprint density at radius 1 is 1.12 bits per heavy atom. The predicted octanol–water partition coefficient (Wildman–Crippen LogP) is 2.41. The van der Waals surface area contributed by atoms with Crippen molar-refractivity contribution in [3.63, 3.8) is 0 Å². The van der Waals surface area contributed by atoms with Gasteiger partial charge in [0.25, 0.3) is 0 Å². The van der Waals surface area contributed by atoms with Gasteiger partial charge in [0.2, 0.25) is 6.54 Å². The average Bonchev–Trinajstić information content (AvgIpc) is 2.46. The highest BCUT2D eigenvalue weighted by Crippen LogP contribution is 2.30. The summed E-state index contributed by atoms with van der Waals surface area (Å²) in [6, 6.07) is 5.36. The first-order chi connectivity index (χ1) is 11.3. The Morgan fingerprint density at radius 3 is 2.08 bits per heavy atom. The molecule has 1 rings (SSSR count). The molecule has 24 heavy (non-hydrogen) atoms. The fraction of sp³-hybridized carbons (Fsp3) is 0.529. The number of hydrogen-bond acceptors (Lipinski definition) is 6. The monoisotopic (exact) mass is 337 g/mol. The lowest BCUT2D eigenvalue weighted by Crippen LogP contribution is -2.36. The van der Waals surface area contributed by atoms with Crippen LogP contribution in [0.3, 0.4) is 0 Å². The maximum Gasteiger partial charge on any atom is 0.321 e. The number of nitro groups is 1. The summed E-state index contributed by atoms with van der Waals surface area (Å²) < 4.78 is 9.91. The normalized spacial score (nSPS) is 11.9. The van der Waals surface area contributed by atoms with Gasteiger partial charge in [-0.2, -0.15) is 0 Å². The Kier molecular flexibility index (Phi) is 7.35. The van der Waals surface area contributed by atoms with Crippen LogP contribution in [0.1, 0.15) is 36.5 Å². The van der Waals surface area contributed by atoms with Crippen molar-refractivity contribution < 1.29 is 24.0 Å².